The maximum absolute atomic E-state index is 10.7. The van der Waals surface area contributed by atoms with E-state index < -0.39 is 0 Å². The summed E-state index contributed by atoms with van der Waals surface area (Å²) in [6.07, 6.45) is 0. The predicted molar refractivity (Wildman–Crippen MR) is 35.5 cm³/mol. The Hall–Kier alpha value is -1.65. The summed E-state index contributed by atoms with van der Waals surface area (Å²) in [7, 11) is 0. The zero-order valence-corrected chi connectivity index (χ0v) is 5.81. The molecular formula is C6H5N3O2. The summed E-state index contributed by atoms with van der Waals surface area (Å²) in [6.45, 7) is 1.82. The Balaban J connectivity index is 2.86. The first-order valence-corrected chi connectivity index (χ1v) is 3.10. The van der Waals surface area contributed by atoms with E-state index in [1.165, 1.54) is 0 Å². The highest BCUT2D eigenvalue weighted by Crippen LogP contribution is 2.03. The molecular weight excluding hydrogens is 146 g/mol. The molecule has 0 amide bonds. The highest BCUT2D eigenvalue weighted by molar-refractivity contribution is 5.64. The number of pyridine rings is 1. The fourth-order valence-corrected chi connectivity index (χ4v) is 0.865. The van der Waals surface area contributed by atoms with Crippen molar-refractivity contribution >= 4 is 11.2 Å². The Morgan fingerprint density at radius 2 is 2.36 bits per heavy atom. The van der Waals surface area contributed by atoms with Crippen LogP contribution in [0.3, 0.4) is 0 Å². The van der Waals surface area contributed by atoms with Gasteiger partial charge in [0.05, 0.1) is 5.16 Å². The number of aryl methyl sites for hydroxylation is 1. The summed E-state index contributed by atoms with van der Waals surface area (Å²) in [5, 5.41) is 14.2. The molecule has 2 heterocycles. The first-order chi connectivity index (χ1) is 5.27. The highest BCUT2D eigenvalue weighted by atomic mass is 16.8. The Morgan fingerprint density at radius 1 is 1.55 bits per heavy atom. The van der Waals surface area contributed by atoms with Crippen LogP contribution in [0, 0.1) is 12.1 Å². The van der Waals surface area contributed by atoms with Crippen LogP contribution in [-0.2, 0) is 0 Å². The molecule has 2 aromatic heterocycles. The van der Waals surface area contributed by atoms with E-state index in [1.807, 2.05) is 6.92 Å². The van der Waals surface area contributed by atoms with Crippen molar-refractivity contribution in [2.75, 3.05) is 0 Å². The zero-order chi connectivity index (χ0) is 7.84. The van der Waals surface area contributed by atoms with Gasteiger partial charge in [-0.3, -0.25) is 4.63 Å². The monoisotopic (exact) mass is 151 g/mol. The van der Waals surface area contributed by atoms with E-state index in [0.29, 0.717) is 16.1 Å². The second-order valence-electron chi connectivity index (χ2n) is 2.23. The summed E-state index contributed by atoms with van der Waals surface area (Å²) < 4.78 is 4.32. The third kappa shape index (κ3) is 0.813. The standard InChI is InChI=1S/C6H5N3O2/c1-4-2-3-5-6(7-4)8-11-9(5)10/h2-3H,1H3. The van der Waals surface area contributed by atoms with Crippen LogP contribution in [0.25, 0.3) is 11.2 Å². The van der Waals surface area contributed by atoms with Crippen LogP contribution < -0.4 is 4.90 Å². The van der Waals surface area contributed by atoms with E-state index in [9.17, 15) is 5.21 Å². The largest absolute Gasteiger partial charge is 0.359 e. The van der Waals surface area contributed by atoms with Crippen molar-refractivity contribution in [3.8, 4) is 0 Å². The van der Waals surface area contributed by atoms with E-state index >= 15 is 0 Å². The second-order valence-corrected chi connectivity index (χ2v) is 2.23. The zero-order valence-electron chi connectivity index (χ0n) is 5.81. The minimum absolute atomic E-state index is 0.335. The van der Waals surface area contributed by atoms with E-state index in [1.54, 1.807) is 12.1 Å². The Kier molecular flexibility index (Phi) is 1.06. The third-order valence-corrected chi connectivity index (χ3v) is 1.39. The summed E-state index contributed by atoms with van der Waals surface area (Å²) in [6, 6.07) is 3.36. The molecule has 0 atom stereocenters. The molecule has 2 aromatic rings. The van der Waals surface area contributed by atoms with Crippen LogP contribution in [0.1, 0.15) is 5.69 Å². The van der Waals surface area contributed by atoms with Crippen molar-refractivity contribution in [1.82, 2.24) is 10.1 Å². The lowest BCUT2D eigenvalue weighted by atomic mass is 10.3. The van der Waals surface area contributed by atoms with E-state index in [4.69, 9.17) is 0 Å². The number of hydrogen-bond donors (Lipinski definition) is 0. The topological polar surface area (TPSA) is 65.9 Å². The molecule has 0 radical (unpaired) electrons. The van der Waals surface area contributed by atoms with Gasteiger partial charge < -0.3 is 5.21 Å². The van der Waals surface area contributed by atoms with Gasteiger partial charge in [0.25, 0.3) is 0 Å². The lowest BCUT2D eigenvalue weighted by molar-refractivity contribution is -0.782. The van der Waals surface area contributed by atoms with Gasteiger partial charge in [-0.05, 0) is 24.0 Å². The van der Waals surface area contributed by atoms with Gasteiger partial charge in [0, 0.05) is 5.69 Å². The summed E-state index contributed by atoms with van der Waals surface area (Å²) in [5.74, 6) is 0. The van der Waals surface area contributed by atoms with Crippen LogP contribution >= 0.6 is 0 Å². The first kappa shape index (κ1) is 6.09. The summed E-state index contributed by atoms with van der Waals surface area (Å²) in [5.41, 5.74) is 1.52. The van der Waals surface area contributed by atoms with Crippen molar-refractivity contribution in [2.45, 2.75) is 6.92 Å². The van der Waals surface area contributed by atoms with Gasteiger partial charge in [0.15, 0.2) is 0 Å². The summed E-state index contributed by atoms with van der Waals surface area (Å²) in [4.78, 5) is 4.31. The first-order valence-electron chi connectivity index (χ1n) is 3.10. The molecule has 2 rings (SSSR count). The maximum atomic E-state index is 10.7. The minimum Gasteiger partial charge on any atom is -0.359 e. The smallest absolute Gasteiger partial charge is 0.340 e. The Labute approximate surface area is 61.8 Å². The van der Waals surface area contributed by atoms with Crippen molar-refractivity contribution in [2.24, 2.45) is 0 Å². The van der Waals surface area contributed by atoms with Crippen LogP contribution in [0.5, 0.6) is 0 Å². The molecule has 0 aliphatic carbocycles. The minimum atomic E-state index is 0.335. The van der Waals surface area contributed by atoms with Crippen molar-refractivity contribution in [1.29, 1.82) is 0 Å². The molecule has 56 valence electrons. The van der Waals surface area contributed by atoms with E-state index in [0.717, 1.165) is 5.69 Å². The van der Waals surface area contributed by atoms with Crippen LogP contribution in [0.2, 0.25) is 0 Å². The molecule has 5 heteroatoms. The van der Waals surface area contributed by atoms with E-state index in [-0.39, 0.29) is 0 Å². The number of rotatable bonds is 0. The molecule has 0 spiro atoms. The quantitative estimate of drug-likeness (QED) is 0.503. The lowest BCUT2D eigenvalue weighted by Crippen LogP contribution is -2.22. The molecule has 0 fully saturated rings. The van der Waals surface area contributed by atoms with Gasteiger partial charge in [-0.1, -0.05) is 0 Å². The molecule has 11 heavy (non-hydrogen) atoms. The fourth-order valence-electron chi connectivity index (χ4n) is 0.865. The van der Waals surface area contributed by atoms with Gasteiger partial charge in [0.1, 0.15) is 0 Å². The Morgan fingerprint density at radius 3 is 3.18 bits per heavy atom. The SMILES string of the molecule is Cc1ccc2c(no[n+]2[O-])n1. The fraction of sp³-hybridized carbons (Fsp3) is 0.167. The van der Waals surface area contributed by atoms with Crippen LogP contribution in [0.15, 0.2) is 16.8 Å². The van der Waals surface area contributed by atoms with Crippen LogP contribution in [0.4, 0.5) is 0 Å². The molecule has 0 aromatic carbocycles. The highest BCUT2D eigenvalue weighted by Gasteiger charge is 2.08. The second kappa shape index (κ2) is 1.91. The van der Waals surface area contributed by atoms with Gasteiger partial charge >= 0.3 is 5.65 Å². The normalized spacial score (nSPS) is 10.6. The van der Waals surface area contributed by atoms with Crippen molar-refractivity contribution in [3.05, 3.63) is 23.0 Å². The molecule has 0 aliphatic rings. The summed E-state index contributed by atoms with van der Waals surface area (Å²) >= 11 is 0. The predicted octanol–water partition coefficient (Wildman–Crippen LogP) is 0.165. The van der Waals surface area contributed by atoms with E-state index in [2.05, 4.69) is 14.8 Å². The molecule has 5 nitrogen and oxygen atoms in total. The Bertz CT molecular complexity index is 396. The van der Waals surface area contributed by atoms with Gasteiger partial charge in [-0.25, -0.2) is 4.98 Å². The lowest BCUT2D eigenvalue weighted by Gasteiger charge is -1.86. The van der Waals surface area contributed by atoms with Gasteiger partial charge in [-0.2, -0.15) is 0 Å². The van der Waals surface area contributed by atoms with Gasteiger partial charge in [0.2, 0.25) is 5.52 Å². The molecule has 0 unspecified atom stereocenters. The molecule has 0 bridgehead atoms. The van der Waals surface area contributed by atoms with Crippen molar-refractivity contribution in [3.63, 3.8) is 0 Å². The molecule has 0 saturated heterocycles. The molecule has 0 aliphatic heterocycles. The number of aromatic nitrogens is 3. The third-order valence-electron chi connectivity index (χ3n) is 1.39. The molecule has 0 N–H and O–H groups in total. The van der Waals surface area contributed by atoms with Crippen molar-refractivity contribution < 1.29 is 9.53 Å². The number of hydrogen-bond acceptors (Lipinski definition) is 4. The molecule has 0 saturated carbocycles. The maximum Gasteiger partial charge on any atom is 0.340 e. The number of fused-ring (bicyclic) bond motifs is 1. The van der Waals surface area contributed by atoms with Gasteiger partial charge in [-0.15, -0.1) is 0 Å². The average molecular weight is 151 g/mol. The average Bonchev–Trinajstić information content (AvgIpc) is 2.32. The van der Waals surface area contributed by atoms with Crippen LogP contribution in [-0.4, -0.2) is 10.1 Å². The number of nitrogens with zero attached hydrogens (tertiary/aromatic N) is 3.